The van der Waals surface area contributed by atoms with Crippen molar-refractivity contribution in [3.8, 4) is 17.1 Å². The summed E-state index contributed by atoms with van der Waals surface area (Å²) < 4.78 is 38.1. The Balaban J connectivity index is 1.51. The average Bonchev–Trinajstić information content (AvgIpc) is 3.11. The van der Waals surface area contributed by atoms with Crippen LogP contribution < -0.4 is 4.74 Å². The molecule has 0 N–H and O–H groups in total. The summed E-state index contributed by atoms with van der Waals surface area (Å²) in [6, 6.07) is 7.19. The van der Waals surface area contributed by atoms with Gasteiger partial charge in [0.05, 0.1) is 25.2 Å². The number of sulfone groups is 1. The van der Waals surface area contributed by atoms with E-state index in [1.807, 2.05) is 12.1 Å². The topological polar surface area (TPSA) is 112 Å². The third kappa shape index (κ3) is 4.79. The zero-order valence-electron chi connectivity index (χ0n) is 14.3. The number of carbonyl (C=O) groups excluding carboxylic acids is 1. The fourth-order valence-electron chi connectivity index (χ4n) is 2.47. The van der Waals surface area contributed by atoms with Gasteiger partial charge in [0, 0.05) is 18.7 Å². The molecule has 0 unspecified atom stereocenters. The van der Waals surface area contributed by atoms with E-state index in [-0.39, 0.29) is 30.5 Å². The van der Waals surface area contributed by atoms with Crippen LogP contribution in [0.1, 0.15) is 5.89 Å². The monoisotopic (exact) mass is 381 g/mol. The normalized spacial score (nSPS) is 17.0. The van der Waals surface area contributed by atoms with Crippen LogP contribution in [0.5, 0.6) is 5.75 Å². The number of aromatic nitrogens is 2. The van der Waals surface area contributed by atoms with Crippen molar-refractivity contribution in [3.05, 3.63) is 30.2 Å². The second kappa shape index (κ2) is 7.83. The maximum absolute atomic E-state index is 11.9. The Hall–Kier alpha value is -2.46. The molecule has 9 nitrogen and oxygen atoms in total. The minimum atomic E-state index is -2.97. The van der Waals surface area contributed by atoms with E-state index in [9.17, 15) is 13.2 Å². The first-order chi connectivity index (χ1) is 12.4. The first-order valence-corrected chi connectivity index (χ1v) is 9.83. The summed E-state index contributed by atoms with van der Waals surface area (Å²) in [4.78, 5) is 17.8. The smallest absolute Gasteiger partial charge is 0.320 e. The van der Waals surface area contributed by atoms with Gasteiger partial charge in [-0.3, -0.25) is 9.69 Å². The zero-order chi connectivity index (χ0) is 18.6. The van der Waals surface area contributed by atoms with Gasteiger partial charge in [-0.15, -0.1) is 0 Å². The van der Waals surface area contributed by atoms with Crippen molar-refractivity contribution in [2.75, 3.05) is 38.2 Å². The molecule has 1 aromatic heterocycles. The van der Waals surface area contributed by atoms with Crippen molar-refractivity contribution in [1.82, 2.24) is 15.0 Å². The van der Waals surface area contributed by atoms with Crippen LogP contribution in [0, 0.1) is 0 Å². The number of benzene rings is 1. The molecule has 10 heteroatoms. The molecular weight excluding hydrogens is 362 g/mol. The molecule has 0 radical (unpaired) electrons. The fourth-order valence-corrected chi connectivity index (χ4v) is 3.75. The second-order valence-electron chi connectivity index (χ2n) is 5.83. The molecule has 1 saturated heterocycles. The summed E-state index contributed by atoms with van der Waals surface area (Å²) in [7, 11) is -1.40. The molecule has 140 valence electrons. The van der Waals surface area contributed by atoms with Gasteiger partial charge in [0.15, 0.2) is 16.4 Å². The number of rotatable bonds is 6. The highest BCUT2D eigenvalue weighted by molar-refractivity contribution is 7.91. The van der Waals surface area contributed by atoms with E-state index >= 15 is 0 Å². The number of methoxy groups -OCH3 is 1. The van der Waals surface area contributed by atoms with Crippen LogP contribution >= 0.6 is 0 Å². The lowest BCUT2D eigenvalue weighted by atomic mass is 10.2. The van der Waals surface area contributed by atoms with Crippen molar-refractivity contribution in [2.45, 2.75) is 6.61 Å². The Labute approximate surface area is 150 Å². The van der Waals surface area contributed by atoms with E-state index in [4.69, 9.17) is 14.0 Å². The maximum atomic E-state index is 11.9. The molecule has 26 heavy (non-hydrogen) atoms. The predicted molar refractivity (Wildman–Crippen MR) is 91.2 cm³/mol. The number of nitrogens with zero attached hydrogens (tertiary/aromatic N) is 3. The summed E-state index contributed by atoms with van der Waals surface area (Å²) in [5, 5.41) is 3.86. The predicted octanol–water partition coefficient (Wildman–Crippen LogP) is 0.519. The standard InChI is InChI=1S/C16H19N3O6S/c1-23-13-4-2-3-12(9-13)16-17-14(25-18-16)11-24-15(20)10-19-5-7-26(21,22)8-6-19/h2-4,9H,5-8,10-11H2,1H3. The summed E-state index contributed by atoms with van der Waals surface area (Å²) >= 11 is 0. The molecule has 0 bridgehead atoms. The van der Waals surface area contributed by atoms with Gasteiger partial charge in [-0.25, -0.2) is 8.42 Å². The number of ether oxygens (including phenoxy) is 2. The van der Waals surface area contributed by atoms with Crippen molar-refractivity contribution in [2.24, 2.45) is 0 Å². The van der Waals surface area contributed by atoms with Crippen molar-refractivity contribution < 1.29 is 27.2 Å². The SMILES string of the molecule is COc1cccc(-c2noc(COC(=O)CN3CCS(=O)(=O)CC3)n2)c1. The van der Waals surface area contributed by atoms with Gasteiger partial charge in [0.1, 0.15) is 5.75 Å². The van der Waals surface area contributed by atoms with Crippen LogP contribution in [0.25, 0.3) is 11.4 Å². The van der Waals surface area contributed by atoms with Crippen LogP contribution in [0.2, 0.25) is 0 Å². The molecule has 0 atom stereocenters. The Morgan fingerprint density at radius 1 is 1.31 bits per heavy atom. The third-order valence-electron chi connectivity index (χ3n) is 3.94. The fraction of sp³-hybridized carbons (Fsp3) is 0.438. The van der Waals surface area contributed by atoms with E-state index < -0.39 is 15.8 Å². The molecule has 1 aromatic carbocycles. The van der Waals surface area contributed by atoms with Gasteiger partial charge in [-0.05, 0) is 12.1 Å². The second-order valence-corrected chi connectivity index (χ2v) is 8.14. The van der Waals surface area contributed by atoms with Gasteiger partial charge < -0.3 is 14.0 Å². The number of hydrogen-bond acceptors (Lipinski definition) is 9. The Morgan fingerprint density at radius 2 is 2.08 bits per heavy atom. The molecular formula is C16H19N3O6S. The highest BCUT2D eigenvalue weighted by Gasteiger charge is 2.23. The molecule has 0 amide bonds. The first-order valence-electron chi connectivity index (χ1n) is 8.00. The molecule has 2 aromatic rings. The van der Waals surface area contributed by atoms with Crippen LogP contribution in [-0.2, 0) is 26.0 Å². The van der Waals surface area contributed by atoms with Crippen LogP contribution in [0.3, 0.4) is 0 Å². The average molecular weight is 381 g/mol. The number of hydrogen-bond donors (Lipinski definition) is 0. The van der Waals surface area contributed by atoms with Gasteiger partial charge in [-0.2, -0.15) is 4.98 Å². The van der Waals surface area contributed by atoms with E-state index in [0.717, 1.165) is 5.56 Å². The molecule has 1 fully saturated rings. The zero-order valence-corrected chi connectivity index (χ0v) is 15.1. The molecule has 2 heterocycles. The van der Waals surface area contributed by atoms with Gasteiger partial charge in [0.2, 0.25) is 5.82 Å². The van der Waals surface area contributed by atoms with Crippen molar-refractivity contribution in [1.29, 1.82) is 0 Å². The highest BCUT2D eigenvalue weighted by Crippen LogP contribution is 2.21. The van der Waals surface area contributed by atoms with Crippen LogP contribution in [0.15, 0.2) is 28.8 Å². The minimum Gasteiger partial charge on any atom is -0.497 e. The van der Waals surface area contributed by atoms with E-state index in [1.165, 1.54) is 0 Å². The largest absolute Gasteiger partial charge is 0.497 e. The lowest BCUT2D eigenvalue weighted by Crippen LogP contribution is -2.43. The van der Waals surface area contributed by atoms with Gasteiger partial charge >= 0.3 is 5.97 Å². The van der Waals surface area contributed by atoms with Gasteiger partial charge in [0.25, 0.3) is 5.89 Å². The van der Waals surface area contributed by atoms with Crippen LogP contribution in [-0.4, -0.2) is 67.7 Å². The van der Waals surface area contributed by atoms with E-state index in [1.54, 1.807) is 24.1 Å². The van der Waals surface area contributed by atoms with Crippen molar-refractivity contribution in [3.63, 3.8) is 0 Å². The number of esters is 1. The van der Waals surface area contributed by atoms with Gasteiger partial charge in [-0.1, -0.05) is 17.3 Å². The Morgan fingerprint density at radius 3 is 2.81 bits per heavy atom. The molecule has 1 aliphatic heterocycles. The Kier molecular flexibility index (Phi) is 5.52. The molecule has 0 aliphatic carbocycles. The first kappa shape index (κ1) is 18.3. The minimum absolute atomic E-state index is 0.0341. The molecule has 3 rings (SSSR count). The van der Waals surface area contributed by atoms with E-state index in [2.05, 4.69) is 10.1 Å². The molecule has 0 saturated carbocycles. The quantitative estimate of drug-likeness (QED) is 0.661. The van der Waals surface area contributed by atoms with E-state index in [0.29, 0.717) is 24.7 Å². The van der Waals surface area contributed by atoms with Crippen molar-refractivity contribution >= 4 is 15.8 Å². The molecule has 0 spiro atoms. The Bertz CT molecular complexity index is 866. The summed E-state index contributed by atoms with van der Waals surface area (Å²) in [6.45, 7) is 0.560. The van der Waals surface area contributed by atoms with Crippen LogP contribution in [0.4, 0.5) is 0 Å². The highest BCUT2D eigenvalue weighted by atomic mass is 32.2. The maximum Gasteiger partial charge on any atom is 0.320 e. The number of carbonyl (C=O) groups is 1. The summed E-state index contributed by atoms with van der Waals surface area (Å²) in [5.74, 6) is 0.879. The lowest BCUT2D eigenvalue weighted by Gasteiger charge is -2.25. The lowest BCUT2D eigenvalue weighted by molar-refractivity contribution is -0.147. The third-order valence-corrected chi connectivity index (χ3v) is 5.55. The summed E-state index contributed by atoms with van der Waals surface area (Å²) in [5.41, 5.74) is 0.722. The molecule has 1 aliphatic rings. The summed E-state index contributed by atoms with van der Waals surface area (Å²) in [6.07, 6.45) is 0.